The molecule has 4 nitrogen and oxygen atoms in total. The Morgan fingerprint density at radius 3 is 2.59 bits per heavy atom. The Kier molecular flexibility index (Phi) is 4.51. The van der Waals surface area contributed by atoms with E-state index in [2.05, 4.69) is 20.7 Å². The number of halogens is 3. The van der Waals surface area contributed by atoms with Gasteiger partial charge in [0.2, 0.25) is 0 Å². The van der Waals surface area contributed by atoms with E-state index in [9.17, 15) is 17.6 Å². The molecule has 0 bridgehead atoms. The van der Waals surface area contributed by atoms with E-state index in [0.717, 1.165) is 12.1 Å². The van der Waals surface area contributed by atoms with Crippen molar-refractivity contribution in [3.8, 4) is 0 Å². The van der Waals surface area contributed by atoms with Gasteiger partial charge in [-0.3, -0.25) is 0 Å². The summed E-state index contributed by atoms with van der Waals surface area (Å²) in [4.78, 5) is 10.8. The Hall–Kier alpha value is -0.660. The minimum atomic E-state index is -4.15. The lowest BCUT2D eigenvalue weighted by molar-refractivity contribution is 0.0525. The lowest BCUT2D eigenvalue weighted by Crippen LogP contribution is -2.07. The molecule has 0 saturated carbocycles. The van der Waals surface area contributed by atoms with Crippen molar-refractivity contribution in [1.29, 1.82) is 0 Å². The third kappa shape index (κ3) is 3.40. The van der Waals surface area contributed by atoms with Crippen LogP contribution < -0.4 is 0 Å². The van der Waals surface area contributed by atoms with Crippen molar-refractivity contribution in [2.75, 3.05) is 6.61 Å². The molecule has 1 aromatic carbocycles. The van der Waals surface area contributed by atoms with Gasteiger partial charge in [0.1, 0.15) is 10.7 Å². The van der Waals surface area contributed by atoms with Gasteiger partial charge in [0.25, 0.3) is 9.05 Å². The van der Waals surface area contributed by atoms with E-state index in [1.54, 1.807) is 6.92 Å². The van der Waals surface area contributed by atoms with Gasteiger partial charge in [0.05, 0.1) is 16.6 Å². The Labute approximate surface area is 110 Å². The molecule has 8 heteroatoms. The third-order valence-corrected chi connectivity index (χ3v) is 4.18. The maximum absolute atomic E-state index is 13.4. The first kappa shape index (κ1) is 14.4. The second kappa shape index (κ2) is 5.32. The predicted octanol–water partition coefficient (Wildman–Crippen LogP) is 2.69. The highest BCUT2D eigenvalue weighted by atomic mass is 79.9. The molecule has 0 unspecified atom stereocenters. The molecule has 1 rings (SSSR count). The topological polar surface area (TPSA) is 60.4 Å². The quantitative estimate of drug-likeness (QED) is 0.624. The van der Waals surface area contributed by atoms with E-state index in [0.29, 0.717) is 0 Å². The summed E-state index contributed by atoms with van der Waals surface area (Å²) < 4.78 is 40.0. The standard InChI is InChI=1S/C9H7BrClFO4S/c1-2-16-9(13)5-3-6(12)8(10)7(4-5)17(11,14)15/h3-4H,2H2,1H3. The lowest BCUT2D eigenvalue weighted by Gasteiger charge is -2.06. The van der Waals surface area contributed by atoms with Crippen LogP contribution in [0.1, 0.15) is 17.3 Å². The minimum absolute atomic E-state index is 0.0967. The number of hydrogen-bond acceptors (Lipinski definition) is 4. The van der Waals surface area contributed by atoms with Crippen LogP contribution >= 0.6 is 26.6 Å². The van der Waals surface area contributed by atoms with Crippen molar-refractivity contribution in [3.05, 3.63) is 28.0 Å². The van der Waals surface area contributed by atoms with E-state index < -0.39 is 25.7 Å². The molecule has 0 aliphatic carbocycles. The van der Waals surface area contributed by atoms with Gasteiger partial charge < -0.3 is 4.74 Å². The van der Waals surface area contributed by atoms with Crippen LogP contribution in [0.4, 0.5) is 4.39 Å². The number of rotatable bonds is 3. The van der Waals surface area contributed by atoms with E-state index >= 15 is 0 Å². The first-order chi connectivity index (χ1) is 7.77. The Morgan fingerprint density at radius 2 is 2.12 bits per heavy atom. The zero-order valence-electron chi connectivity index (χ0n) is 8.54. The van der Waals surface area contributed by atoms with Crippen molar-refractivity contribution >= 4 is 41.6 Å². The third-order valence-electron chi connectivity index (χ3n) is 1.77. The number of hydrogen-bond donors (Lipinski definition) is 0. The smallest absolute Gasteiger partial charge is 0.338 e. The summed E-state index contributed by atoms with van der Waals surface area (Å²) in [6.07, 6.45) is 0. The predicted molar refractivity (Wildman–Crippen MR) is 63.1 cm³/mol. The van der Waals surface area contributed by atoms with Crippen molar-refractivity contribution in [2.45, 2.75) is 11.8 Å². The summed E-state index contributed by atoms with van der Waals surface area (Å²) in [6, 6.07) is 1.82. The summed E-state index contributed by atoms with van der Waals surface area (Å²) in [6.45, 7) is 1.67. The molecule has 0 fully saturated rings. The van der Waals surface area contributed by atoms with Crippen LogP contribution in [0.3, 0.4) is 0 Å². The normalized spacial score (nSPS) is 11.3. The van der Waals surface area contributed by atoms with Crippen molar-refractivity contribution in [2.24, 2.45) is 0 Å². The Morgan fingerprint density at radius 1 is 1.53 bits per heavy atom. The van der Waals surface area contributed by atoms with Gasteiger partial charge in [0, 0.05) is 10.7 Å². The second-order valence-electron chi connectivity index (χ2n) is 2.93. The molecule has 0 saturated heterocycles. The lowest BCUT2D eigenvalue weighted by atomic mass is 10.2. The maximum atomic E-state index is 13.4. The molecule has 0 aliphatic heterocycles. The molecule has 0 aliphatic rings. The summed E-state index contributed by atoms with van der Waals surface area (Å²) in [7, 11) is 0.964. The van der Waals surface area contributed by atoms with Crippen molar-refractivity contribution in [1.82, 2.24) is 0 Å². The van der Waals surface area contributed by atoms with Gasteiger partial charge in [-0.15, -0.1) is 0 Å². The Balaban J connectivity index is 3.39. The van der Waals surface area contributed by atoms with Crippen LogP contribution in [0.15, 0.2) is 21.5 Å². The largest absolute Gasteiger partial charge is 0.462 e. The van der Waals surface area contributed by atoms with E-state index in [1.165, 1.54) is 0 Å². The van der Waals surface area contributed by atoms with Gasteiger partial charge in [-0.2, -0.15) is 0 Å². The van der Waals surface area contributed by atoms with Crippen LogP contribution in [0, 0.1) is 5.82 Å². The second-order valence-corrected chi connectivity index (χ2v) is 6.26. The molecule has 0 atom stereocenters. The molecule has 17 heavy (non-hydrogen) atoms. The molecule has 1 aromatic rings. The summed E-state index contributed by atoms with van der Waals surface area (Å²) >= 11 is 2.75. The van der Waals surface area contributed by atoms with Gasteiger partial charge in [-0.1, -0.05) is 0 Å². The molecule has 0 amide bonds. The SMILES string of the molecule is CCOC(=O)c1cc(F)c(Br)c(S(=O)(=O)Cl)c1. The number of benzene rings is 1. The van der Waals surface area contributed by atoms with E-state index in [-0.39, 0.29) is 16.6 Å². The molecule has 0 spiro atoms. The summed E-state index contributed by atoms with van der Waals surface area (Å²) in [5.41, 5.74) is -0.216. The summed E-state index contributed by atoms with van der Waals surface area (Å²) in [5.74, 6) is -1.73. The van der Waals surface area contributed by atoms with Crippen molar-refractivity contribution < 1.29 is 22.3 Å². The van der Waals surface area contributed by atoms with Crippen LogP contribution in [0.5, 0.6) is 0 Å². The minimum Gasteiger partial charge on any atom is -0.462 e. The highest BCUT2D eigenvalue weighted by Gasteiger charge is 2.21. The highest BCUT2D eigenvalue weighted by molar-refractivity contribution is 9.10. The number of carbonyl (C=O) groups excluding carboxylic acids is 1. The average molecular weight is 346 g/mol. The number of ether oxygens (including phenoxy) is 1. The fourth-order valence-electron chi connectivity index (χ4n) is 1.07. The zero-order valence-corrected chi connectivity index (χ0v) is 11.7. The fourth-order valence-corrected chi connectivity index (χ4v) is 3.17. The van der Waals surface area contributed by atoms with E-state index in [1.807, 2.05) is 0 Å². The van der Waals surface area contributed by atoms with E-state index in [4.69, 9.17) is 10.7 Å². The monoisotopic (exact) mass is 344 g/mol. The number of carbonyl (C=O) groups is 1. The first-order valence-corrected chi connectivity index (χ1v) is 7.48. The Bertz CT molecular complexity index is 558. The summed E-state index contributed by atoms with van der Waals surface area (Å²) in [5, 5.41) is 0. The first-order valence-electron chi connectivity index (χ1n) is 4.38. The highest BCUT2D eigenvalue weighted by Crippen LogP contribution is 2.29. The maximum Gasteiger partial charge on any atom is 0.338 e. The molecule has 0 N–H and O–H groups in total. The van der Waals surface area contributed by atoms with Gasteiger partial charge in [-0.05, 0) is 35.0 Å². The molecular weight excluding hydrogens is 339 g/mol. The molecule has 0 aromatic heterocycles. The fraction of sp³-hybridized carbons (Fsp3) is 0.222. The molecule has 94 valence electrons. The van der Waals surface area contributed by atoms with Crippen LogP contribution in [0.2, 0.25) is 0 Å². The van der Waals surface area contributed by atoms with Crippen LogP contribution in [-0.2, 0) is 13.8 Å². The average Bonchev–Trinajstić information content (AvgIpc) is 2.20. The van der Waals surface area contributed by atoms with Gasteiger partial charge in [-0.25, -0.2) is 17.6 Å². The van der Waals surface area contributed by atoms with Crippen LogP contribution in [0.25, 0.3) is 0 Å². The zero-order chi connectivity index (χ0) is 13.2. The molecule has 0 radical (unpaired) electrons. The molecule has 0 heterocycles. The van der Waals surface area contributed by atoms with Gasteiger partial charge >= 0.3 is 5.97 Å². The van der Waals surface area contributed by atoms with Gasteiger partial charge in [0.15, 0.2) is 0 Å². The van der Waals surface area contributed by atoms with Crippen LogP contribution in [-0.4, -0.2) is 21.0 Å². The van der Waals surface area contributed by atoms with Crippen molar-refractivity contribution in [3.63, 3.8) is 0 Å². The number of esters is 1. The molecular formula is C9H7BrClFO4S.